The minimum Gasteiger partial charge on any atom is -0.328 e. The van der Waals surface area contributed by atoms with Gasteiger partial charge in [0.25, 0.3) is 5.91 Å². The summed E-state index contributed by atoms with van der Waals surface area (Å²) in [6, 6.07) is 5.25. The van der Waals surface area contributed by atoms with Crippen molar-refractivity contribution >= 4 is 22.9 Å². The molecule has 7 heteroatoms. The molecule has 0 saturated heterocycles. The van der Waals surface area contributed by atoms with Crippen molar-refractivity contribution < 1.29 is 4.79 Å². The number of H-pyrrole nitrogens is 1. The molecule has 0 fully saturated rings. The third-order valence-electron chi connectivity index (χ3n) is 2.81. The Morgan fingerprint density at radius 2 is 2.26 bits per heavy atom. The Hall–Kier alpha value is -2.70. The molecule has 2 N–H and O–H groups in total. The number of rotatable bonds is 2. The number of hydrogen-bond acceptors (Lipinski definition) is 4. The van der Waals surface area contributed by atoms with Crippen LogP contribution in [0.4, 0.5) is 5.95 Å². The maximum atomic E-state index is 12.0. The maximum Gasteiger partial charge on any atom is 0.258 e. The minimum atomic E-state index is -0.234. The predicted molar refractivity (Wildman–Crippen MR) is 69.8 cm³/mol. The molecule has 7 nitrogen and oxygen atoms in total. The highest BCUT2D eigenvalue weighted by Gasteiger charge is 2.10. The van der Waals surface area contributed by atoms with Crippen molar-refractivity contribution in [3.05, 3.63) is 35.7 Å². The first-order valence-electron chi connectivity index (χ1n) is 5.76. The van der Waals surface area contributed by atoms with Gasteiger partial charge in [0.05, 0.1) is 5.52 Å². The van der Waals surface area contributed by atoms with Gasteiger partial charge < -0.3 is 4.98 Å². The van der Waals surface area contributed by atoms with Gasteiger partial charge in [-0.1, -0.05) is 5.21 Å². The molecule has 0 spiro atoms. The lowest BCUT2D eigenvalue weighted by molar-refractivity contribution is 0.102. The van der Waals surface area contributed by atoms with E-state index in [0.717, 1.165) is 11.2 Å². The second kappa shape index (κ2) is 4.20. The normalized spacial score (nSPS) is 10.8. The molecule has 2 heterocycles. The van der Waals surface area contributed by atoms with Crippen LogP contribution in [0.1, 0.15) is 16.1 Å². The van der Waals surface area contributed by atoms with E-state index in [1.807, 2.05) is 13.0 Å². The van der Waals surface area contributed by atoms with Gasteiger partial charge in [0.1, 0.15) is 5.52 Å². The van der Waals surface area contributed by atoms with Crippen molar-refractivity contribution in [2.24, 2.45) is 7.05 Å². The molecule has 0 aliphatic carbocycles. The Balaban J connectivity index is 1.89. The van der Waals surface area contributed by atoms with Gasteiger partial charge in [-0.3, -0.25) is 10.1 Å². The number of amides is 1. The van der Waals surface area contributed by atoms with Gasteiger partial charge in [0, 0.05) is 24.5 Å². The second-order valence-electron chi connectivity index (χ2n) is 4.29. The molecule has 0 unspecified atom stereocenters. The second-order valence-corrected chi connectivity index (χ2v) is 4.29. The summed E-state index contributed by atoms with van der Waals surface area (Å²) in [7, 11) is 1.81. The molecule has 0 aliphatic rings. The summed E-state index contributed by atoms with van der Waals surface area (Å²) in [6.07, 6.45) is 1.65. The SMILES string of the molecule is Cc1cnc(NC(=O)c2ccc3c(c2)nnn3C)[nH]1. The standard InChI is InChI=1S/C12H12N6O/c1-7-6-13-12(14-7)15-11(19)8-3-4-10-9(5-8)16-17-18(10)2/h3-6H,1-2H3,(H2,13,14,15,19). The number of nitrogens with zero attached hydrogens (tertiary/aromatic N) is 4. The van der Waals surface area contributed by atoms with E-state index in [1.165, 1.54) is 0 Å². The van der Waals surface area contributed by atoms with Crippen LogP contribution in [0.15, 0.2) is 24.4 Å². The van der Waals surface area contributed by atoms with Gasteiger partial charge in [-0.25, -0.2) is 9.67 Å². The molecule has 0 bridgehead atoms. The fourth-order valence-electron chi connectivity index (χ4n) is 1.84. The summed E-state index contributed by atoms with van der Waals surface area (Å²) in [5.41, 5.74) is 2.97. The summed E-state index contributed by atoms with van der Waals surface area (Å²) in [5, 5.41) is 10.6. The van der Waals surface area contributed by atoms with Gasteiger partial charge in [-0.2, -0.15) is 0 Å². The van der Waals surface area contributed by atoms with Crippen molar-refractivity contribution in [1.29, 1.82) is 0 Å². The van der Waals surface area contributed by atoms with E-state index in [-0.39, 0.29) is 5.91 Å². The van der Waals surface area contributed by atoms with Crippen LogP contribution in [0.5, 0.6) is 0 Å². The van der Waals surface area contributed by atoms with Crippen molar-refractivity contribution in [2.75, 3.05) is 5.32 Å². The van der Waals surface area contributed by atoms with Crippen LogP contribution in [-0.2, 0) is 7.05 Å². The molecule has 2 aromatic heterocycles. The third kappa shape index (κ3) is 2.05. The number of hydrogen-bond donors (Lipinski definition) is 2. The molecule has 96 valence electrons. The lowest BCUT2D eigenvalue weighted by Gasteiger charge is -2.01. The first-order chi connectivity index (χ1) is 9.13. The Morgan fingerprint density at radius 3 is 3.00 bits per heavy atom. The Morgan fingerprint density at radius 1 is 1.42 bits per heavy atom. The van der Waals surface area contributed by atoms with E-state index in [9.17, 15) is 4.79 Å². The Labute approximate surface area is 108 Å². The number of nitrogens with one attached hydrogen (secondary N) is 2. The van der Waals surface area contributed by atoms with Crippen molar-refractivity contribution in [2.45, 2.75) is 6.92 Å². The zero-order valence-corrected chi connectivity index (χ0v) is 10.5. The predicted octanol–water partition coefficient (Wildman–Crippen LogP) is 1.25. The molecular formula is C12H12N6O. The average molecular weight is 256 g/mol. The highest BCUT2D eigenvalue weighted by atomic mass is 16.1. The van der Waals surface area contributed by atoms with E-state index in [0.29, 0.717) is 17.0 Å². The van der Waals surface area contributed by atoms with E-state index in [4.69, 9.17) is 0 Å². The topological polar surface area (TPSA) is 88.5 Å². The number of benzene rings is 1. The Bertz CT molecular complexity index is 757. The smallest absolute Gasteiger partial charge is 0.258 e. The molecule has 0 radical (unpaired) electrons. The summed E-state index contributed by atoms with van der Waals surface area (Å²) in [5.74, 6) is 0.198. The van der Waals surface area contributed by atoms with Crippen LogP contribution in [-0.4, -0.2) is 30.9 Å². The monoisotopic (exact) mass is 256 g/mol. The number of aryl methyl sites for hydroxylation is 2. The number of aromatic nitrogens is 5. The minimum absolute atomic E-state index is 0.234. The molecule has 19 heavy (non-hydrogen) atoms. The fraction of sp³-hybridized carbons (Fsp3) is 0.167. The fourth-order valence-corrected chi connectivity index (χ4v) is 1.84. The Kier molecular flexibility index (Phi) is 2.52. The van der Waals surface area contributed by atoms with E-state index >= 15 is 0 Å². The summed E-state index contributed by atoms with van der Waals surface area (Å²) in [6.45, 7) is 1.87. The van der Waals surface area contributed by atoms with Gasteiger partial charge in [0.2, 0.25) is 5.95 Å². The van der Waals surface area contributed by atoms with Crippen molar-refractivity contribution in [3.63, 3.8) is 0 Å². The van der Waals surface area contributed by atoms with Crippen LogP contribution in [0.2, 0.25) is 0 Å². The molecule has 1 amide bonds. The summed E-state index contributed by atoms with van der Waals surface area (Å²) in [4.78, 5) is 19.0. The number of fused-ring (bicyclic) bond motifs is 1. The molecular weight excluding hydrogens is 244 g/mol. The number of anilines is 1. The van der Waals surface area contributed by atoms with Crippen molar-refractivity contribution in [1.82, 2.24) is 25.0 Å². The molecule has 0 aliphatic heterocycles. The van der Waals surface area contributed by atoms with E-state index in [1.54, 1.807) is 30.1 Å². The lowest BCUT2D eigenvalue weighted by atomic mass is 10.2. The number of carbonyl (C=O) groups is 1. The quantitative estimate of drug-likeness (QED) is 0.722. The third-order valence-corrected chi connectivity index (χ3v) is 2.81. The number of aromatic amines is 1. The van der Waals surface area contributed by atoms with Crippen molar-refractivity contribution in [3.8, 4) is 0 Å². The molecule has 1 aromatic carbocycles. The molecule has 3 aromatic rings. The van der Waals surface area contributed by atoms with Crippen LogP contribution >= 0.6 is 0 Å². The number of carbonyl (C=O) groups excluding carboxylic acids is 1. The van der Waals surface area contributed by atoms with Gasteiger partial charge in [0.15, 0.2) is 0 Å². The molecule has 3 rings (SSSR count). The van der Waals surface area contributed by atoms with Gasteiger partial charge in [-0.05, 0) is 25.1 Å². The maximum absolute atomic E-state index is 12.0. The highest BCUT2D eigenvalue weighted by Crippen LogP contribution is 2.13. The lowest BCUT2D eigenvalue weighted by Crippen LogP contribution is -2.12. The summed E-state index contributed by atoms with van der Waals surface area (Å²) < 4.78 is 1.66. The first kappa shape index (κ1) is 11.4. The van der Waals surface area contributed by atoms with Crippen LogP contribution < -0.4 is 5.32 Å². The largest absolute Gasteiger partial charge is 0.328 e. The zero-order valence-electron chi connectivity index (χ0n) is 10.5. The van der Waals surface area contributed by atoms with E-state index in [2.05, 4.69) is 25.6 Å². The van der Waals surface area contributed by atoms with Crippen LogP contribution in [0, 0.1) is 6.92 Å². The average Bonchev–Trinajstić information content (AvgIpc) is 2.96. The van der Waals surface area contributed by atoms with Crippen LogP contribution in [0.25, 0.3) is 11.0 Å². The summed E-state index contributed by atoms with van der Waals surface area (Å²) >= 11 is 0. The van der Waals surface area contributed by atoms with E-state index < -0.39 is 0 Å². The van der Waals surface area contributed by atoms with Gasteiger partial charge >= 0.3 is 0 Å². The zero-order chi connectivity index (χ0) is 13.4. The van der Waals surface area contributed by atoms with Gasteiger partial charge in [-0.15, -0.1) is 5.10 Å². The first-order valence-corrected chi connectivity index (χ1v) is 5.76. The highest BCUT2D eigenvalue weighted by molar-refractivity contribution is 6.05. The van der Waals surface area contributed by atoms with Crippen LogP contribution in [0.3, 0.4) is 0 Å². The molecule has 0 atom stereocenters. The molecule has 0 saturated carbocycles. The number of imidazole rings is 1.